The van der Waals surface area contributed by atoms with E-state index in [0.717, 1.165) is 21.9 Å². The van der Waals surface area contributed by atoms with Crippen molar-refractivity contribution in [2.75, 3.05) is 19.0 Å². The van der Waals surface area contributed by atoms with Crippen LogP contribution in [0.25, 0.3) is 0 Å². The summed E-state index contributed by atoms with van der Waals surface area (Å²) < 4.78 is 4.97. The number of ether oxygens (including phenoxy) is 1. The molecule has 4 nitrogen and oxygen atoms in total. The number of thiocarbonyl (C=S) groups is 1. The van der Waals surface area contributed by atoms with Gasteiger partial charge in [0.25, 0.3) is 0 Å². The van der Waals surface area contributed by atoms with Gasteiger partial charge in [0, 0.05) is 17.9 Å². The minimum Gasteiger partial charge on any atom is -0.378 e. The Morgan fingerprint density at radius 2 is 2.10 bits per heavy atom. The molecule has 2 rings (SSSR count). The molecule has 0 bridgehead atoms. The summed E-state index contributed by atoms with van der Waals surface area (Å²) in [6.45, 7) is 3.49. The average Bonchev–Trinajstić information content (AvgIpc) is 2.85. The van der Waals surface area contributed by atoms with E-state index in [1.807, 2.05) is 0 Å². The van der Waals surface area contributed by atoms with Crippen LogP contribution in [0.5, 0.6) is 0 Å². The maximum atomic E-state index is 11.9. The summed E-state index contributed by atoms with van der Waals surface area (Å²) in [7, 11) is 1.58. The van der Waals surface area contributed by atoms with E-state index in [0.29, 0.717) is 23.6 Å². The van der Waals surface area contributed by atoms with Gasteiger partial charge in [0.15, 0.2) is 5.78 Å². The number of hydrogen-bond acceptors (Lipinski definition) is 5. The molecule has 0 radical (unpaired) electrons. The van der Waals surface area contributed by atoms with Crippen molar-refractivity contribution < 1.29 is 14.3 Å². The Balaban J connectivity index is 2.29. The van der Waals surface area contributed by atoms with Gasteiger partial charge in [0.1, 0.15) is 15.8 Å². The molecule has 1 aliphatic carbocycles. The van der Waals surface area contributed by atoms with E-state index in [2.05, 4.69) is 5.32 Å². The first kappa shape index (κ1) is 15.3. The first-order valence-electron chi connectivity index (χ1n) is 6.38. The number of fused-ring (bicyclic) bond motifs is 1. The second kappa shape index (κ2) is 6.11. The van der Waals surface area contributed by atoms with Crippen molar-refractivity contribution in [1.29, 1.82) is 0 Å². The van der Waals surface area contributed by atoms with Crippen molar-refractivity contribution in [2.24, 2.45) is 5.92 Å². The van der Waals surface area contributed by atoms with Crippen molar-refractivity contribution >= 4 is 45.1 Å². The van der Waals surface area contributed by atoms with Gasteiger partial charge in [-0.1, -0.05) is 12.2 Å². The molecule has 1 aromatic heterocycles. The lowest BCUT2D eigenvalue weighted by Crippen LogP contribution is -2.16. The molecule has 1 aliphatic rings. The van der Waals surface area contributed by atoms with Crippen molar-refractivity contribution in [3.05, 3.63) is 16.0 Å². The highest BCUT2D eigenvalue weighted by atomic mass is 32.1. The van der Waals surface area contributed by atoms with Gasteiger partial charge in [-0.15, -0.1) is 11.3 Å². The van der Waals surface area contributed by atoms with E-state index in [9.17, 15) is 9.59 Å². The number of nitrogens with one attached hydrogen (secondary N) is 1. The molecule has 6 heteroatoms. The summed E-state index contributed by atoms with van der Waals surface area (Å²) in [6, 6.07) is 0. The molecule has 1 unspecified atom stereocenters. The first-order valence-corrected chi connectivity index (χ1v) is 7.61. The molecule has 1 heterocycles. The predicted molar refractivity (Wildman–Crippen MR) is 84.0 cm³/mol. The third-order valence-electron chi connectivity index (χ3n) is 3.43. The zero-order valence-electron chi connectivity index (χ0n) is 11.7. The summed E-state index contributed by atoms with van der Waals surface area (Å²) in [5, 5.41) is 3.87. The molecule has 0 saturated heterocycles. The van der Waals surface area contributed by atoms with Crippen LogP contribution in [0.2, 0.25) is 0 Å². The van der Waals surface area contributed by atoms with Crippen LogP contribution >= 0.6 is 23.6 Å². The van der Waals surface area contributed by atoms with E-state index in [1.165, 1.54) is 11.3 Å². The summed E-state index contributed by atoms with van der Waals surface area (Å²) in [6.07, 6.45) is 1.39. The Morgan fingerprint density at radius 3 is 2.65 bits per heavy atom. The second-order valence-corrected chi connectivity index (χ2v) is 6.56. The molecule has 20 heavy (non-hydrogen) atoms. The van der Waals surface area contributed by atoms with Crippen LogP contribution in [0.3, 0.4) is 0 Å². The minimum atomic E-state index is 0.00872. The average molecular weight is 311 g/mol. The summed E-state index contributed by atoms with van der Waals surface area (Å²) in [4.78, 5) is 25.1. The number of carbonyl (C=O) groups is 2. The normalized spacial score (nSPS) is 16.9. The summed E-state index contributed by atoms with van der Waals surface area (Å²) in [5.74, 6) is 0.219. The Morgan fingerprint density at radius 1 is 1.40 bits per heavy atom. The smallest absolute Gasteiger partial charge is 0.163 e. The number of carbonyl (C=O) groups excluding carboxylic acids is 2. The molecular weight excluding hydrogens is 294 g/mol. The van der Waals surface area contributed by atoms with Gasteiger partial charge < -0.3 is 10.1 Å². The highest BCUT2D eigenvalue weighted by Gasteiger charge is 2.32. The number of Topliss-reactive ketones (excluding diaryl/α,β-unsaturated/α-hetero) is 2. The Labute approximate surface area is 127 Å². The van der Waals surface area contributed by atoms with Crippen LogP contribution < -0.4 is 5.32 Å². The molecule has 0 fully saturated rings. The number of hydrogen-bond donors (Lipinski definition) is 1. The van der Waals surface area contributed by atoms with Crippen LogP contribution in [-0.4, -0.2) is 30.3 Å². The van der Waals surface area contributed by atoms with E-state index in [-0.39, 0.29) is 17.5 Å². The highest BCUT2D eigenvalue weighted by Crippen LogP contribution is 2.41. The number of anilines is 1. The zero-order chi connectivity index (χ0) is 14.9. The molecular formula is C14H17NO3S2. The summed E-state index contributed by atoms with van der Waals surface area (Å²) >= 11 is 6.68. The number of rotatable bonds is 5. The van der Waals surface area contributed by atoms with E-state index in [4.69, 9.17) is 17.0 Å². The fourth-order valence-corrected chi connectivity index (χ4v) is 4.14. The quantitative estimate of drug-likeness (QED) is 0.669. The molecule has 1 N–H and O–H groups in total. The van der Waals surface area contributed by atoms with Crippen molar-refractivity contribution in [3.8, 4) is 0 Å². The van der Waals surface area contributed by atoms with Crippen molar-refractivity contribution in [3.63, 3.8) is 0 Å². The van der Waals surface area contributed by atoms with Crippen molar-refractivity contribution in [2.45, 2.75) is 26.7 Å². The molecule has 1 aromatic rings. The molecule has 0 amide bonds. The SMILES string of the molecule is COCC(=S)Nc1sc2c(c1C(C)=O)CC(C(C)=O)C2. The second-order valence-electron chi connectivity index (χ2n) is 4.96. The van der Waals surface area contributed by atoms with Crippen LogP contribution in [0, 0.1) is 5.92 Å². The lowest BCUT2D eigenvalue weighted by atomic mass is 10.0. The fourth-order valence-electron chi connectivity index (χ4n) is 2.48. The Bertz CT molecular complexity index is 577. The van der Waals surface area contributed by atoms with Gasteiger partial charge in [-0.2, -0.15) is 0 Å². The van der Waals surface area contributed by atoms with E-state index in [1.54, 1.807) is 21.0 Å². The monoisotopic (exact) mass is 311 g/mol. The largest absolute Gasteiger partial charge is 0.378 e. The molecule has 1 atom stereocenters. The van der Waals surface area contributed by atoms with Gasteiger partial charge >= 0.3 is 0 Å². The standard InChI is InChI=1S/C14H17NO3S2/c1-7(16)9-4-10-11(5-9)20-14(13(10)8(2)17)15-12(19)6-18-3/h9H,4-6H2,1-3H3,(H,15,19). The zero-order valence-corrected chi connectivity index (χ0v) is 13.4. The van der Waals surface area contributed by atoms with Gasteiger partial charge in [0.05, 0.1) is 12.2 Å². The van der Waals surface area contributed by atoms with Gasteiger partial charge in [-0.05, 0) is 32.3 Å². The summed E-state index contributed by atoms with van der Waals surface area (Å²) in [5.41, 5.74) is 1.71. The Kier molecular flexibility index (Phi) is 4.67. The number of thiophene rings is 1. The minimum absolute atomic E-state index is 0.00872. The first-order chi connectivity index (χ1) is 9.43. The van der Waals surface area contributed by atoms with E-state index < -0.39 is 0 Å². The highest BCUT2D eigenvalue weighted by molar-refractivity contribution is 7.80. The molecule has 0 spiro atoms. The van der Waals surface area contributed by atoms with Gasteiger partial charge in [0.2, 0.25) is 0 Å². The molecule has 0 saturated carbocycles. The topological polar surface area (TPSA) is 55.4 Å². The van der Waals surface area contributed by atoms with E-state index >= 15 is 0 Å². The maximum absolute atomic E-state index is 11.9. The van der Waals surface area contributed by atoms with Gasteiger partial charge in [-0.25, -0.2) is 0 Å². The molecule has 0 aliphatic heterocycles. The van der Waals surface area contributed by atoms with Crippen LogP contribution in [0.1, 0.15) is 34.6 Å². The van der Waals surface area contributed by atoms with Crippen LogP contribution in [-0.2, 0) is 22.4 Å². The van der Waals surface area contributed by atoms with Crippen LogP contribution in [0.15, 0.2) is 0 Å². The molecule has 108 valence electrons. The number of ketones is 2. The maximum Gasteiger partial charge on any atom is 0.163 e. The van der Waals surface area contributed by atoms with Crippen molar-refractivity contribution in [1.82, 2.24) is 0 Å². The third-order valence-corrected chi connectivity index (χ3v) is 4.82. The molecule has 0 aromatic carbocycles. The van der Waals surface area contributed by atoms with Gasteiger partial charge in [-0.3, -0.25) is 9.59 Å². The Hall–Kier alpha value is -1.11. The fraction of sp³-hybridized carbons (Fsp3) is 0.500. The number of methoxy groups -OCH3 is 1. The predicted octanol–water partition coefficient (Wildman–Crippen LogP) is 2.64. The lowest BCUT2D eigenvalue weighted by molar-refractivity contribution is -0.120. The third kappa shape index (κ3) is 2.97. The lowest BCUT2D eigenvalue weighted by Gasteiger charge is -2.09. The van der Waals surface area contributed by atoms with Crippen LogP contribution in [0.4, 0.5) is 5.00 Å².